The topological polar surface area (TPSA) is 21.1 Å². The summed E-state index contributed by atoms with van der Waals surface area (Å²) in [5.41, 5.74) is 5.60. The van der Waals surface area contributed by atoms with E-state index in [1.54, 1.807) is 5.56 Å². The van der Waals surface area contributed by atoms with Crippen molar-refractivity contribution in [1.82, 2.24) is 14.7 Å². The second-order valence-corrected chi connectivity index (χ2v) is 7.33. The van der Waals surface area contributed by atoms with Crippen LogP contribution in [0.2, 0.25) is 0 Å². The Labute approximate surface area is 145 Å². The summed E-state index contributed by atoms with van der Waals surface area (Å²) in [7, 11) is 0. The van der Waals surface area contributed by atoms with Crippen LogP contribution in [0.4, 0.5) is 0 Å². The zero-order valence-corrected chi connectivity index (χ0v) is 14.7. The molecule has 1 aliphatic heterocycles. The van der Waals surface area contributed by atoms with Crippen LogP contribution in [-0.4, -0.2) is 34.3 Å². The average Bonchev–Trinajstić information content (AvgIpc) is 2.81. The second-order valence-electron chi connectivity index (χ2n) is 7.33. The molecule has 1 aromatic heterocycles. The van der Waals surface area contributed by atoms with E-state index in [0.29, 0.717) is 0 Å². The van der Waals surface area contributed by atoms with Gasteiger partial charge in [-0.1, -0.05) is 31.0 Å². The number of likely N-dealkylation sites (tertiary alicyclic amines) is 1. The number of rotatable bonds is 4. The van der Waals surface area contributed by atoms with Crippen LogP contribution in [0.5, 0.6) is 0 Å². The van der Waals surface area contributed by atoms with Crippen molar-refractivity contribution in [3.63, 3.8) is 0 Å². The summed E-state index contributed by atoms with van der Waals surface area (Å²) >= 11 is 0. The maximum absolute atomic E-state index is 5.06. The first-order chi connectivity index (χ1) is 11.9. The van der Waals surface area contributed by atoms with E-state index in [-0.39, 0.29) is 0 Å². The minimum atomic E-state index is 1.11. The molecule has 0 spiro atoms. The van der Waals surface area contributed by atoms with Crippen LogP contribution in [0.25, 0.3) is 5.69 Å². The Hall–Kier alpha value is -1.61. The summed E-state index contributed by atoms with van der Waals surface area (Å²) in [6.45, 7) is 3.74. The van der Waals surface area contributed by atoms with Crippen LogP contribution in [0.3, 0.4) is 0 Å². The van der Waals surface area contributed by atoms with Crippen LogP contribution in [0.15, 0.2) is 30.3 Å². The summed E-state index contributed by atoms with van der Waals surface area (Å²) in [5, 5.41) is 5.06. The first-order valence-electron chi connectivity index (χ1n) is 9.79. The van der Waals surface area contributed by atoms with E-state index in [1.807, 2.05) is 0 Å². The average molecular weight is 323 g/mol. The lowest BCUT2D eigenvalue weighted by Crippen LogP contribution is -2.27. The molecule has 128 valence electrons. The Balaban J connectivity index is 1.55. The van der Waals surface area contributed by atoms with E-state index in [1.165, 1.54) is 88.1 Å². The molecule has 0 saturated carbocycles. The molecule has 4 rings (SSSR count). The van der Waals surface area contributed by atoms with Gasteiger partial charge in [0.25, 0.3) is 0 Å². The smallest absolute Gasteiger partial charge is 0.0676 e. The highest BCUT2D eigenvalue weighted by molar-refractivity contribution is 5.39. The summed E-state index contributed by atoms with van der Waals surface area (Å²) in [4.78, 5) is 2.66. The highest BCUT2D eigenvalue weighted by Crippen LogP contribution is 2.27. The number of hydrogen-bond acceptors (Lipinski definition) is 2. The van der Waals surface area contributed by atoms with Gasteiger partial charge in [0, 0.05) is 18.7 Å². The lowest BCUT2D eigenvalue weighted by Gasteiger charge is -2.19. The van der Waals surface area contributed by atoms with Gasteiger partial charge >= 0.3 is 0 Å². The van der Waals surface area contributed by atoms with Crippen LogP contribution in [0, 0.1) is 0 Å². The summed E-state index contributed by atoms with van der Waals surface area (Å²) in [6.07, 6.45) is 11.7. The number of nitrogens with zero attached hydrogens (tertiary/aromatic N) is 3. The zero-order chi connectivity index (χ0) is 16.2. The third-order valence-corrected chi connectivity index (χ3v) is 5.63. The maximum Gasteiger partial charge on any atom is 0.0676 e. The molecule has 3 heteroatoms. The highest BCUT2D eigenvalue weighted by atomic mass is 15.3. The van der Waals surface area contributed by atoms with Gasteiger partial charge in [-0.2, -0.15) is 5.10 Å². The van der Waals surface area contributed by atoms with Crippen LogP contribution in [-0.2, 0) is 19.3 Å². The molecule has 1 aliphatic carbocycles. The lowest BCUT2D eigenvalue weighted by atomic mass is 9.94. The Morgan fingerprint density at radius 1 is 0.833 bits per heavy atom. The Morgan fingerprint density at radius 3 is 2.38 bits per heavy atom. The first-order valence-corrected chi connectivity index (χ1v) is 9.79. The summed E-state index contributed by atoms with van der Waals surface area (Å²) in [6, 6.07) is 10.7. The third-order valence-electron chi connectivity index (χ3n) is 5.63. The van der Waals surface area contributed by atoms with Crippen molar-refractivity contribution >= 4 is 0 Å². The molecular weight excluding hydrogens is 294 g/mol. The molecule has 0 unspecified atom stereocenters. The van der Waals surface area contributed by atoms with Crippen LogP contribution < -0.4 is 0 Å². The third kappa shape index (κ3) is 3.41. The van der Waals surface area contributed by atoms with Gasteiger partial charge in [-0.3, -0.25) is 0 Å². The van der Waals surface area contributed by atoms with Crippen molar-refractivity contribution in [3.8, 4) is 5.69 Å². The van der Waals surface area contributed by atoms with Gasteiger partial charge in [0.2, 0.25) is 0 Å². The Morgan fingerprint density at radius 2 is 1.58 bits per heavy atom. The van der Waals surface area contributed by atoms with Crippen LogP contribution >= 0.6 is 0 Å². The van der Waals surface area contributed by atoms with Gasteiger partial charge in [0.1, 0.15) is 0 Å². The van der Waals surface area contributed by atoms with Gasteiger partial charge in [0.15, 0.2) is 0 Å². The molecule has 0 bridgehead atoms. The first kappa shape index (κ1) is 15.9. The van der Waals surface area contributed by atoms with Crippen molar-refractivity contribution in [2.24, 2.45) is 0 Å². The van der Waals surface area contributed by atoms with Crippen molar-refractivity contribution < 1.29 is 0 Å². The number of hydrogen-bond donors (Lipinski definition) is 0. The zero-order valence-electron chi connectivity index (χ0n) is 14.7. The SMILES string of the molecule is c1ccc(-n2nc(CCN3CCCCCC3)c3c2CCCC3)cc1. The number of benzene rings is 1. The molecule has 0 radical (unpaired) electrons. The second kappa shape index (κ2) is 7.52. The van der Waals surface area contributed by atoms with E-state index in [4.69, 9.17) is 5.10 Å². The van der Waals surface area contributed by atoms with Gasteiger partial charge in [0.05, 0.1) is 11.4 Å². The fourth-order valence-electron chi connectivity index (χ4n) is 4.28. The van der Waals surface area contributed by atoms with Crippen molar-refractivity contribution in [3.05, 3.63) is 47.3 Å². The number of fused-ring (bicyclic) bond motifs is 1. The maximum atomic E-state index is 5.06. The Kier molecular flexibility index (Phi) is 4.98. The fraction of sp³-hybridized carbons (Fsp3) is 0.571. The Bertz CT molecular complexity index is 651. The predicted octanol–water partition coefficient (Wildman–Crippen LogP) is 4.17. The minimum Gasteiger partial charge on any atom is -0.303 e. The molecule has 2 aromatic rings. The molecule has 24 heavy (non-hydrogen) atoms. The van der Waals surface area contributed by atoms with Crippen molar-refractivity contribution in [2.45, 2.75) is 57.8 Å². The largest absolute Gasteiger partial charge is 0.303 e. The number of para-hydroxylation sites is 1. The number of aromatic nitrogens is 2. The van der Waals surface area contributed by atoms with E-state index in [9.17, 15) is 0 Å². The van der Waals surface area contributed by atoms with E-state index < -0.39 is 0 Å². The molecule has 2 aliphatic rings. The van der Waals surface area contributed by atoms with E-state index in [0.717, 1.165) is 6.42 Å². The van der Waals surface area contributed by atoms with Gasteiger partial charge in [-0.05, 0) is 69.3 Å². The summed E-state index contributed by atoms with van der Waals surface area (Å²) < 4.78 is 2.23. The quantitative estimate of drug-likeness (QED) is 0.842. The minimum absolute atomic E-state index is 1.11. The molecule has 1 aromatic carbocycles. The van der Waals surface area contributed by atoms with E-state index in [2.05, 4.69) is 39.9 Å². The lowest BCUT2D eigenvalue weighted by molar-refractivity contribution is 0.287. The van der Waals surface area contributed by atoms with Crippen molar-refractivity contribution in [2.75, 3.05) is 19.6 Å². The molecule has 0 atom stereocenters. The van der Waals surface area contributed by atoms with Gasteiger partial charge in [-0.25, -0.2) is 4.68 Å². The van der Waals surface area contributed by atoms with Crippen molar-refractivity contribution in [1.29, 1.82) is 0 Å². The highest BCUT2D eigenvalue weighted by Gasteiger charge is 2.22. The molecule has 2 heterocycles. The van der Waals surface area contributed by atoms with E-state index >= 15 is 0 Å². The molecular formula is C21H29N3. The van der Waals surface area contributed by atoms with Gasteiger partial charge in [-0.15, -0.1) is 0 Å². The summed E-state index contributed by atoms with van der Waals surface area (Å²) in [5.74, 6) is 0. The molecule has 1 saturated heterocycles. The molecule has 0 N–H and O–H groups in total. The monoisotopic (exact) mass is 323 g/mol. The predicted molar refractivity (Wildman–Crippen MR) is 98.8 cm³/mol. The molecule has 1 fully saturated rings. The molecule has 0 amide bonds. The van der Waals surface area contributed by atoms with Gasteiger partial charge < -0.3 is 4.90 Å². The standard InChI is InChI=1S/C21H29N3/c1-2-9-16-23(15-8-1)17-14-20-19-12-6-7-13-21(19)24(22-20)18-10-4-3-5-11-18/h3-5,10-11H,1-2,6-9,12-17H2. The molecule has 3 nitrogen and oxygen atoms in total. The fourth-order valence-corrected chi connectivity index (χ4v) is 4.28. The van der Waals surface area contributed by atoms with Crippen LogP contribution in [0.1, 0.15) is 55.5 Å². The normalized spacial score (nSPS) is 19.0.